The fourth-order valence-electron chi connectivity index (χ4n) is 4.92. The van der Waals surface area contributed by atoms with Crippen molar-refractivity contribution in [1.29, 1.82) is 0 Å². The minimum atomic E-state index is -0.628. The minimum Gasteiger partial charge on any atom is -0.366 e. The van der Waals surface area contributed by atoms with Crippen molar-refractivity contribution in [3.8, 4) is 11.3 Å². The summed E-state index contributed by atoms with van der Waals surface area (Å²) in [5, 5.41) is 6.46. The Morgan fingerprint density at radius 3 is 2.48 bits per heavy atom. The predicted molar refractivity (Wildman–Crippen MR) is 162 cm³/mol. The second-order valence-electron chi connectivity index (χ2n) is 9.65. The molecule has 0 aliphatic carbocycles. The van der Waals surface area contributed by atoms with E-state index in [1.807, 2.05) is 17.0 Å². The van der Waals surface area contributed by atoms with Crippen LogP contribution in [0, 0.1) is 5.82 Å². The Labute approximate surface area is 246 Å². The second kappa shape index (κ2) is 11.3. The van der Waals surface area contributed by atoms with Gasteiger partial charge in [-0.05, 0) is 78.7 Å². The number of nitrogens with two attached hydrogens (primary N) is 1. The molecule has 0 fully saturated rings. The third-order valence-electron chi connectivity index (χ3n) is 6.96. The van der Waals surface area contributed by atoms with E-state index in [0.29, 0.717) is 46.6 Å². The van der Waals surface area contributed by atoms with Crippen LogP contribution < -0.4 is 21.3 Å². The van der Waals surface area contributed by atoms with E-state index in [9.17, 15) is 14.0 Å². The van der Waals surface area contributed by atoms with Crippen molar-refractivity contribution in [2.24, 2.45) is 5.73 Å². The third-order valence-corrected chi connectivity index (χ3v) is 7.20. The zero-order valence-corrected chi connectivity index (χ0v) is 22.9. The molecular weight excluding hydrogens is 555 g/mol. The Morgan fingerprint density at radius 2 is 1.69 bits per heavy atom. The highest BCUT2D eigenvalue weighted by molar-refractivity contribution is 6.31. The van der Waals surface area contributed by atoms with Gasteiger partial charge in [-0.3, -0.25) is 9.59 Å². The summed E-state index contributed by atoms with van der Waals surface area (Å²) in [6.07, 6.45) is 2.37. The number of carbonyl (C=O) groups is 2. The Kier molecular flexibility index (Phi) is 7.24. The van der Waals surface area contributed by atoms with Crippen molar-refractivity contribution in [3.63, 3.8) is 0 Å². The molecule has 1 aliphatic heterocycles. The fraction of sp³-hybridized carbons (Fsp3) is 0.0625. The molecule has 8 nitrogen and oxygen atoms in total. The van der Waals surface area contributed by atoms with Gasteiger partial charge in [0.25, 0.3) is 11.8 Å². The summed E-state index contributed by atoms with van der Waals surface area (Å²) >= 11 is 6.38. The van der Waals surface area contributed by atoms with Crippen LogP contribution in [0.1, 0.15) is 26.3 Å². The van der Waals surface area contributed by atoms with Crippen LogP contribution >= 0.6 is 11.6 Å². The maximum atomic E-state index is 14.8. The van der Waals surface area contributed by atoms with E-state index < -0.39 is 5.91 Å². The number of para-hydroxylation sites is 2. The highest BCUT2D eigenvalue weighted by Crippen LogP contribution is 2.41. The van der Waals surface area contributed by atoms with Crippen LogP contribution in [0.15, 0.2) is 97.2 Å². The summed E-state index contributed by atoms with van der Waals surface area (Å²) in [5.74, 6) is -0.971. The molecule has 0 saturated carbocycles. The molecule has 1 aliphatic rings. The van der Waals surface area contributed by atoms with Gasteiger partial charge in [0.1, 0.15) is 5.82 Å². The summed E-state index contributed by atoms with van der Waals surface area (Å²) in [5.41, 5.74) is 10.7. The van der Waals surface area contributed by atoms with Crippen molar-refractivity contribution >= 4 is 52.1 Å². The van der Waals surface area contributed by atoms with Gasteiger partial charge in [-0.15, -0.1) is 0 Å². The van der Waals surface area contributed by atoms with Crippen LogP contribution in [0.5, 0.6) is 0 Å². The maximum Gasteiger partial charge on any atom is 0.255 e. The molecule has 0 bridgehead atoms. The van der Waals surface area contributed by atoms with E-state index in [2.05, 4.69) is 15.6 Å². The highest BCUT2D eigenvalue weighted by atomic mass is 35.5. The molecule has 0 spiro atoms. The van der Waals surface area contributed by atoms with Gasteiger partial charge < -0.3 is 21.3 Å². The number of halogens is 2. The molecule has 2 heterocycles. The zero-order chi connectivity index (χ0) is 29.2. The van der Waals surface area contributed by atoms with Gasteiger partial charge in [0.15, 0.2) is 0 Å². The number of nitrogens with zero attached hydrogens (tertiary/aromatic N) is 3. The summed E-state index contributed by atoms with van der Waals surface area (Å²) in [6.45, 7) is 0.519. The Morgan fingerprint density at radius 1 is 0.929 bits per heavy atom. The molecule has 42 heavy (non-hydrogen) atoms. The first-order chi connectivity index (χ1) is 20.4. The van der Waals surface area contributed by atoms with Crippen LogP contribution in [0.2, 0.25) is 5.02 Å². The smallest absolute Gasteiger partial charge is 0.255 e. The lowest BCUT2D eigenvalue weighted by atomic mass is 10.0. The molecule has 10 heteroatoms. The van der Waals surface area contributed by atoms with Crippen LogP contribution in [-0.2, 0) is 6.42 Å². The van der Waals surface area contributed by atoms with Gasteiger partial charge in [0.2, 0.25) is 5.95 Å². The van der Waals surface area contributed by atoms with Crippen LogP contribution in [0.4, 0.5) is 33.1 Å². The predicted octanol–water partition coefficient (Wildman–Crippen LogP) is 6.73. The minimum absolute atomic E-state index is 0.227. The van der Waals surface area contributed by atoms with Crippen LogP contribution in [0.3, 0.4) is 0 Å². The molecule has 4 N–H and O–H groups in total. The Hall–Kier alpha value is -5.28. The lowest BCUT2D eigenvalue weighted by molar-refractivity contribution is 0.100. The number of benzene rings is 4. The molecule has 4 aromatic carbocycles. The normalized spacial score (nSPS) is 12.1. The van der Waals surface area contributed by atoms with Crippen molar-refractivity contribution in [2.75, 3.05) is 22.1 Å². The van der Waals surface area contributed by atoms with Crippen molar-refractivity contribution < 1.29 is 14.0 Å². The summed E-state index contributed by atoms with van der Waals surface area (Å²) in [4.78, 5) is 35.7. The Bertz CT molecular complexity index is 1830. The number of nitrogens with one attached hydrogen (secondary N) is 2. The van der Waals surface area contributed by atoms with Gasteiger partial charge in [-0.2, -0.15) is 0 Å². The molecule has 208 valence electrons. The number of hydrogen-bond donors (Lipinski definition) is 3. The number of fused-ring (bicyclic) bond motifs is 3. The topological polar surface area (TPSA) is 113 Å². The number of amides is 2. The van der Waals surface area contributed by atoms with E-state index in [1.165, 1.54) is 6.07 Å². The fourth-order valence-corrected chi connectivity index (χ4v) is 5.09. The number of primary amides is 1. The summed E-state index contributed by atoms with van der Waals surface area (Å²) < 4.78 is 14.8. The van der Waals surface area contributed by atoms with Gasteiger partial charge in [0, 0.05) is 34.6 Å². The second-order valence-corrected chi connectivity index (χ2v) is 10.1. The number of hydrogen-bond acceptors (Lipinski definition) is 6. The third kappa shape index (κ3) is 5.37. The van der Waals surface area contributed by atoms with Gasteiger partial charge in [-0.25, -0.2) is 14.4 Å². The van der Waals surface area contributed by atoms with E-state index in [-0.39, 0.29) is 17.3 Å². The molecule has 0 unspecified atom stereocenters. The largest absolute Gasteiger partial charge is 0.366 e. The summed E-state index contributed by atoms with van der Waals surface area (Å²) in [7, 11) is 0. The van der Waals surface area contributed by atoms with Crippen LogP contribution in [-0.4, -0.2) is 28.3 Å². The zero-order valence-electron chi connectivity index (χ0n) is 22.1. The quantitative estimate of drug-likeness (QED) is 0.206. The average Bonchev–Trinajstić information content (AvgIpc) is 3.14. The van der Waals surface area contributed by atoms with Crippen LogP contribution in [0.25, 0.3) is 11.3 Å². The number of rotatable bonds is 6. The average molecular weight is 579 g/mol. The first kappa shape index (κ1) is 26.9. The molecule has 0 atom stereocenters. The highest BCUT2D eigenvalue weighted by Gasteiger charge is 2.25. The molecule has 0 saturated heterocycles. The summed E-state index contributed by atoms with van der Waals surface area (Å²) in [6, 6.07) is 25.5. The lowest BCUT2D eigenvalue weighted by Gasteiger charge is -2.25. The van der Waals surface area contributed by atoms with E-state index in [1.54, 1.807) is 79.0 Å². The number of aromatic nitrogens is 2. The molecule has 6 rings (SSSR count). The first-order valence-corrected chi connectivity index (χ1v) is 13.5. The first-order valence-electron chi connectivity index (χ1n) is 13.1. The molecule has 0 radical (unpaired) electrons. The van der Waals surface area contributed by atoms with Crippen molar-refractivity contribution in [3.05, 3.63) is 125 Å². The standard InChI is InChI=1S/C32H24ClFN6O2/c33-21-11-14-24-28(17-21)40(27-8-4-2-6-25(27)34)16-15-20-18-36-32(39-29(20)24)37-22-12-9-19(10-13-22)31(42)38-26-7-3-1-5-23(26)30(35)41/h1-14,17-18H,15-16H2,(H2,35,41)(H,38,42)(H,36,37,39). The van der Waals surface area contributed by atoms with Gasteiger partial charge in [0.05, 0.1) is 28.3 Å². The van der Waals surface area contributed by atoms with Crippen molar-refractivity contribution in [2.45, 2.75) is 6.42 Å². The van der Waals surface area contributed by atoms with Gasteiger partial charge in [-0.1, -0.05) is 35.9 Å². The van der Waals surface area contributed by atoms with E-state index in [4.69, 9.17) is 22.3 Å². The molecule has 5 aromatic rings. The monoisotopic (exact) mass is 578 g/mol. The molecular formula is C32H24ClFN6O2. The number of anilines is 5. The van der Waals surface area contributed by atoms with E-state index in [0.717, 1.165) is 22.5 Å². The molecule has 1 aromatic heterocycles. The molecule has 2 amide bonds. The SMILES string of the molecule is NC(=O)c1ccccc1NC(=O)c1ccc(Nc2ncc3c(n2)-c2ccc(Cl)cc2N(c2ccccc2F)CC3)cc1. The number of carbonyl (C=O) groups excluding carboxylic acids is 2. The van der Waals surface area contributed by atoms with Gasteiger partial charge >= 0.3 is 0 Å². The van der Waals surface area contributed by atoms with E-state index >= 15 is 0 Å². The maximum absolute atomic E-state index is 14.8. The van der Waals surface area contributed by atoms with Crippen molar-refractivity contribution in [1.82, 2.24) is 9.97 Å². The Balaban J connectivity index is 1.25. The lowest BCUT2D eigenvalue weighted by Crippen LogP contribution is -2.20.